The van der Waals surface area contributed by atoms with Crippen molar-refractivity contribution in [1.29, 1.82) is 0 Å². The van der Waals surface area contributed by atoms with E-state index in [0.717, 1.165) is 19.3 Å². The lowest BCUT2D eigenvalue weighted by molar-refractivity contribution is -0.140. The predicted molar refractivity (Wildman–Crippen MR) is 185 cm³/mol. The topological polar surface area (TPSA) is 160 Å². The molecule has 50 heavy (non-hydrogen) atoms. The third-order valence-corrected chi connectivity index (χ3v) is 12.7. The van der Waals surface area contributed by atoms with E-state index in [1.54, 1.807) is 30.2 Å². The molecule has 6 rings (SSSR count). The summed E-state index contributed by atoms with van der Waals surface area (Å²) in [7, 11) is 0.866. The van der Waals surface area contributed by atoms with E-state index in [1.807, 2.05) is 33.2 Å². The average molecular weight is 715 g/mol. The van der Waals surface area contributed by atoms with Crippen molar-refractivity contribution < 1.29 is 36.7 Å². The third-order valence-electron chi connectivity index (χ3n) is 10.6. The molecule has 3 heterocycles. The lowest BCUT2D eigenvalue weighted by atomic mass is 9.91. The van der Waals surface area contributed by atoms with E-state index in [4.69, 9.17) is 9.47 Å². The first kappa shape index (κ1) is 35.8. The fourth-order valence-electron chi connectivity index (χ4n) is 7.21. The number of nitrogens with zero attached hydrogens (tertiary/aromatic N) is 4. The summed E-state index contributed by atoms with van der Waals surface area (Å²) in [6.07, 6.45) is 6.40. The molecule has 3 fully saturated rings. The number of halogens is 1. The van der Waals surface area contributed by atoms with Crippen LogP contribution in [0.15, 0.2) is 30.4 Å². The first-order valence-electron chi connectivity index (χ1n) is 17.3. The minimum Gasteiger partial charge on any atom is -0.497 e. The second kappa shape index (κ2) is 13.6. The van der Waals surface area contributed by atoms with Gasteiger partial charge in [0.15, 0.2) is 0 Å². The second-order valence-electron chi connectivity index (χ2n) is 14.8. The zero-order valence-corrected chi connectivity index (χ0v) is 30.1. The fourth-order valence-corrected chi connectivity index (χ4v) is 8.64. The van der Waals surface area contributed by atoms with Crippen molar-refractivity contribution in [3.05, 3.63) is 30.4 Å². The van der Waals surface area contributed by atoms with Crippen LogP contribution >= 0.6 is 0 Å². The summed E-state index contributed by atoms with van der Waals surface area (Å²) in [6, 6.07) is 4.36. The molecule has 2 aliphatic heterocycles. The Bertz CT molecular complexity index is 1800. The first-order chi connectivity index (χ1) is 23.7. The van der Waals surface area contributed by atoms with Gasteiger partial charge in [0.1, 0.15) is 34.9 Å². The van der Waals surface area contributed by atoms with Crippen molar-refractivity contribution >= 4 is 44.6 Å². The quantitative estimate of drug-likeness (QED) is 0.389. The molecule has 272 valence electrons. The molecule has 1 aromatic carbocycles. The van der Waals surface area contributed by atoms with Gasteiger partial charge in [0, 0.05) is 38.9 Å². The Hall–Kier alpha value is -4.01. The molecule has 6 atom stereocenters. The largest absolute Gasteiger partial charge is 0.497 e. The summed E-state index contributed by atoms with van der Waals surface area (Å²) in [5.74, 6) is -0.436. The number of nitrogens with one attached hydrogen (secondary N) is 2. The van der Waals surface area contributed by atoms with Gasteiger partial charge in [-0.25, -0.2) is 17.8 Å². The van der Waals surface area contributed by atoms with Gasteiger partial charge in [-0.15, -0.1) is 0 Å². The van der Waals surface area contributed by atoms with Gasteiger partial charge in [0.25, 0.3) is 5.91 Å². The highest BCUT2D eigenvalue weighted by molar-refractivity contribution is 7.91. The Morgan fingerprint density at radius 1 is 1.16 bits per heavy atom. The number of sulfonamides is 1. The smallest absolute Gasteiger partial charge is 0.259 e. The number of alkyl halides is 1. The van der Waals surface area contributed by atoms with Crippen molar-refractivity contribution in [3.63, 3.8) is 0 Å². The normalized spacial score (nSPS) is 30.2. The molecule has 0 radical (unpaired) electrons. The van der Waals surface area contributed by atoms with Crippen molar-refractivity contribution in [2.75, 3.05) is 39.3 Å². The molecule has 2 aliphatic carbocycles. The minimum atomic E-state index is -4.32. The van der Waals surface area contributed by atoms with E-state index in [1.165, 1.54) is 4.90 Å². The third kappa shape index (κ3) is 6.97. The number of carbonyl (C=O) groups is 3. The molecule has 0 spiro atoms. The second-order valence-corrected chi connectivity index (χ2v) is 16.9. The Labute approximate surface area is 292 Å². The molecular weight excluding hydrogens is 667 g/mol. The number of amides is 3. The SMILES string of the molecule is COc1ccc2c(O[C@@H]3C[C@H]4C(=O)N[C@]5(C(=O)NS(=O)(=O)C6(CF)CC6)C[C@H]5/C=C\CC[C@H](C)C[C@@H](C)CC(=O)N4C3)nc(N(C)C)nc2c1. The maximum Gasteiger partial charge on any atom is 0.259 e. The Kier molecular flexibility index (Phi) is 9.74. The van der Waals surface area contributed by atoms with Crippen molar-refractivity contribution in [2.45, 2.75) is 87.6 Å². The fraction of sp³-hybridized carbons (Fsp3) is 0.629. The summed E-state index contributed by atoms with van der Waals surface area (Å²) in [4.78, 5) is 54.3. The van der Waals surface area contributed by atoms with Gasteiger partial charge in [-0.2, -0.15) is 4.98 Å². The number of allylic oxidation sites excluding steroid dienone is 1. The van der Waals surface area contributed by atoms with Crippen molar-refractivity contribution in [1.82, 2.24) is 24.9 Å². The molecule has 0 unspecified atom stereocenters. The monoisotopic (exact) mass is 714 g/mol. The van der Waals surface area contributed by atoms with Gasteiger partial charge >= 0.3 is 0 Å². The number of carbonyl (C=O) groups excluding carboxylic acids is 3. The molecule has 2 aromatic rings. The number of fused-ring (bicyclic) bond motifs is 3. The highest BCUT2D eigenvalue weighted by atomic mass is 32.2. The highest BCUT2D eigenvalue weighted by Gasteiger charge is 2.64. The maximum atomic E-state index is 14.2. The van der Waals surface area contributed by atoms with Crippen LogP contribution < -0.4 is 24.4 Å². The summed E-state index contributed by atoms with van der Waals surface area (Å²) in [5, 5.41) is 3.49. The van der Waals surface area contributed by atoms with Crippen LogP contribution in [0, 0.1) is 17.8 Å². The lowest BCUT2D eigenvalue weighted by Gasteiger charge is -2.28. The molecule has 2 saturated carbocycles. The van der Waals surface area contributed by atoms with Crippen LogP contribution in [0.3, 0.4) is 0 Å². The van der Waals surface area contributed by atoms with Gasteiger partial charge in [-0.3, -0.25) is 19.1 Å². The molecule has 1 aromatic heterocycles. The number of ether oxygens (including phenoxy) is 2. The van der Waals surface area contributed by atoms with Crippen LogP contribution in [0.25, 0.3) is 10.9 Å². The van der Waals surface area contributed by atoms with Gasteiger partial charge in [0.05, 0.1) is 24.6 Å². The van der Waals surface area contributed by atoms with Crippen molar-refractivity contribution in [2.24, 2.45) is 17.8 Å². The summed E-state index contributed by atoms with van der Waals surface area (Å²) >= 11 is 0. The molecule has 1 saturated heterocycles. The summed E-state index contributed by atoms with van der Waals surface area (Å²) in [5.41, 5.74) is -0.957. The molecule has 3 amide bonds. The van der Waals surface area contributed by atoms with Crippen LogP contribution in [0.5, 0.6) is 11.6 Å². The van der Waals surface area contributed by atoms with Gasteiger partial charge in [-0.1, -0.05) is 26.0 Å². The standard InChI is InChI=1S/C35H47FN6O7S/c1-21-8-6-7-9-23-18-35(23,32(45)40-50(46,47)34(20-36)12-13-34)39-30(44)28-17-25(19-42(28)29(43)15-22(2)14-21)49-31-26-11-10-24(48-5)16-27(26)37-33(38-31)41(3)4/h7,9-11,16,21-23,25,28H,6,8,12-15,17-20H2,1-5H3,(H,39,44)(H,40,45)/b9-7-/t21-,22+,23+,25+,28-,35+/m0/s1. The number of benzene rings is 1. The number of aromatic nitrogens is 2. The number of anilines is 1. The van der Waals surface area contributed by atoms with Crippen LogP contribution in [0.1, 0.15) is 65.2 Å². The van der Waals surface area contributed by atoms with Crippen LogP contribution in [0.2, 0.25) is 0 Å². The average Bonchev–Trinajstić information content (AvgIpc) is 3.97. The summed E-state index contributed by atoms with van der Waals surface area (Å²) in [6.45, 7) is 3.18. The molecule has 4 aliphatic rings. The molecule has 15 heteroatoms. The van der Waals surface area contributed by atoms with E-state index >= 15 is 0 Å². The number of hydrogen-bond acceptors (Lipinski definition) is 10. The van der Waals surface area contributed by atoms with Crippen molar-refractivity contribution in [3.8, 4) is 11.6 Å². The molecule has 0 bridgehead atoms. The predicted octanol–water partition coefficient (Wildman–Crippen LogP) is 3.28. The van der Waals surface area contributed by atoms with Gasteiger partial charge in [-0.05, 0) is 62.5 Å². The van der Waals surface area contributed by atoms with Crippen LogP contribution in [-0.4, -0.2) is 97.9 Å². The number of methoxy groups -OCH3 is 1. The molecular formula is C35H47FN6O7S. The number of hydrogen-bond donors (Lipinski definition) is 2. The Morgan fingerprint density at radius 2 is 1.92 bits per heavy atom. The van der Waals surface area contributed by atoms with E-state index in [0.29, 0.717) is 34.4 Å². The number of rotatable bonds is 8. The summed E-state index contributed by atoms with van der Waals surface area (Å²) < 4.78 is 52.2. The Balaban J connectivity index is 1.30. The lowest BCUT2D eigenvalue weighted by Crippen LogP contribution is -2.57. The van der Waals surface area contributed by atoms with Crippen LogP contribution in [-0.2, 0) is 24.4 Å². The minimum absolute atomic E-state index is 0.0692. The zero-order chi connectivity index (χ0) is 36.0. The van der Waals surface area contributed by atoms with Gasteiger partial charge in [0.2, 0.25) is 33.7 Å². The van der Waals surface area contributed by atoms with Crippen LogP contribution in [0.4, 0.5) is 10.3 Å². The first-order valence-corrected chi connectivity index (χ1v) is 18.8. The van der Waals surface area contributed by atoms with Gasteiger partial charge < -0.3 is 24.6 Å². The van der Waals surface area contributed by atoms with E-state index in [2.05, 4.69) is 26.9 Å². The van der Waals surface area contributed by atoms with E-state index < -0.39 is 56.9 Å². The van der Waals surface area contributed by atoms with E-state index in [-0.39, 0.29) is 50.5 Å². The zero-order valence-electron chi connectivity index (χ0n) is 29.3. The highest BCUT2D eigenvalue weighted by Crippen LogP contribution is 2.48. The maximum absolute atomic E-state index is 14.2. The van der Waals surface area contributed by atoms with E-state index in [9.17, 15) is 27.2 Å². The molecule has 2 N–H and O–H groups in total. The Morgan fingerprint density at radius 3 is 2.60 bits per heavy atom. The molecule has 13 nitrogen and oxygen atoms in total.